The van der Waals surface area contributed by atoms with Crippen molar-refractivity contribution >= 4 is 31.3 Å². The van der Waals surface area contributed by atoms with Gasteiger partial charge in [-0.3, -0.25) is 0 Å². The maximum Gasteiger partial charge on any atom is 0.488 e. The second-order valence-corrected chi connectivity index (χ2v) is 5.26. The van der Waals surface area contributed by atoms with Gasteiger partial charge in [0, 0.05) is 0 Å². The molecule has 18 heavy (non-hydrogen) atoms. The fourth-order valence-electron chi connectivity index (χ4n) is 1.64. The van der Waals surface area contributed by atoms with Crippen LogP contribution in [0.25, 0.3) is 0 Å². The van der Waals surface area contributed by atoms with Crippen LogP contribution in [-0.4, -0.2) is 37.5 Å². The molecule has 0 aromatic heterocycles. The van der Waals surface area contributed by atoms with Crippen molar-refractivity contribution in [3.8, 4) is 0 Å². The van der Waals surface area contributed by atoms with E-state index in [4.69, 9.17) is 0 Å². The molecule has 6 heteroatoms. The van der Waals surface area contributed by atoms with Crippen molar-refractivity contribution in [3.05, 3.63) is 23.8 Å². The highest BCUT2D eigenvalue weighted by molar-refractivity contribution is 6.61. The minimum Gasteiger partial charge on any atom is -0.465 e. The molecule has 1 aromatic rings. The summed E-state index contributed by atoms with van der Waals surface area (Å²) in [6.45, 7) is 6.06. The number of methoxy groups -OCH3 is 1. The molecule has 0 heterocycles. The average Bonchev–Trinajstić information content (AvgIpc) is 2.25. The van der Waals surface area contributed by atoms with Crippen molar-refractivity contribution < 1.29 is 19.6 Å². The Morgan fingerprint density at radius 1 is 1.28 bits per heavy atom. The van der Waals surface area contributed by atoms with Crippen LogP contribution >= 0.6 is 0 Å². The maximum absolute atomic E-state index is 11.5. The van der Waals surface area contributed by atoms with Gasteiger partial charge in [-0.2, -0.15) is 0 Å². The van der Waals surface area contributed by atoms with E-state index in [9.17, 15) is 14.8 Å². The molecule has 0 aliphatic carbocycles. The van der Waals surface area contributed by atoms with Gasteiger partial charge in [-0.15, -0.1) is 0 Å². The number of hydrogen-bond donors (Lipinski definition) is 2. The molecular formula is C12H17B2O4. The summed E-state index contributed by atoms with van der Waals surface area (Å²) in [6.07, 6.45) is 0. The van der Waals surface area contributed by atoms with Gasteiger partial charge >= 0.3 is 13.1 Å². The zero-order chi connectivity index (χ0) is 13.9. The van der Waals surface area contributed by atoms with Gasteiger partial charge in [0.25, 0.3) is 0 Å². The highest BCUT2D eigenvalue weighted by Gasteiger charge is 2.19. The van der Waals surface area contributed by atoms with Crippen molar-refractivity contribution in [3.63, 3.8) is 0 Å². The summed E-state index contributed by atoms with van der Waals surface area (Å²) in [5.74, 6) is -0.499. The minimum atomic E-state index is -1.61. The first-order valence-electron chi connectivity index (χ1n) is 5.68. The highest BCUT2D eigenvalue weighted by Crippen LogP contribution is 2.19. The quantitative estimate of drug-likeness (QED) is 0.568. The molecular weight excluding hydrogens is 230 g/mol. The first-order chi connectivity index (χ1) is 8.23. The molecule has 0 saturated carbocycles. The topological polar surface area (TPSA) is 66.8 Å². The summed E-state index contributed by atoms with van der Waals surface area (Å²) in [5, 5.41) is 18.4. The first-order valence-corrected chi connectivity index (χ1v) is 5.68. The standard InChI is InChI=1S/C12H17B2O4/c1-12(2,3)13-9-5-8(11(15)18-4)6-10(7-9)14(16)17/h5-7,16-17H,1-4H3. The van der Waals surface area contributed by atoms with Gasteiger partial charge in [-0.1, -0.05) is 43.7 Å². The van der Waals surface area contributed by atoms with Gasteiger partial charge in [0.15, 0.2) is 7.28 Å². The molecule has 95 valence electrons. The van der Waals surface area contributed by atoms with Crippen LogP contribution in [0.15, 0.2) is 18.2 Å². The Bertz CT molecular complexity index is 438. The Hall–Kier alpha value is -1.26. The third-order valence-electron chi connectivity index (χ3n) is 2.30. The Labute approximate surface area is 108 Å². The molecule has 1 aromatic carbocycles. The SMILES string of the molecule is COC(=O)c1cc([B]C(C)(C)C)cc(B(O)O)c1. The normalized spacial score (nSPS) is 11.0. The number of rotatable bonds is 3. The van der Waals surface area contributed by atoms with Gasteiger partial charge < -0.3 is 14.8 Å². The zero-order valence-electron chi connectivity index (χ0n) is 11.1. The molecule has 2 N–H and O–H groups in total. The van der Waals surface area contributed by atoms with E-state index < -0.39 is 13.1 Å². The highest BCUT2D eigenvalue weighted by atomic mass is 16.5. The van der Waals surface area contributed by atoms with Gasteiger partial charge in [0.2, 0.25) is 0 Å². The van der Waals surface area contributed by atoms with Crippen LogP contribution < -0.4 is 10.9 Å². The lowest BCUT2D eigenvalue weighted by Gasteiger charge is -2.17. The predicted molar refractivity (Wildman–Crippen MR) is 72.7 cm³/mol. The van der Waals surface area contributed by atoms with Gasteiger partial charge in [-0.05, 0) is 11.5 Å². The van der Waals surface area contributed by atoms with E-state index in [1.165, 1.54) is 13.2 Å². The van der Waals surface area contributed by atoms with E-state index in [0.717, 1.165) is 5.46 Å². The summed E-state index contributed by atoms with van der Waals surface area (Å²) in [7, 11) is 1.63. The Morgan fingerprint density at radius 3 is 2.33 bits per heavy atom. The van der Waals surface area contributed by atoms with Crippen molar-refractivity contribution in [2.45, 2.75) is 26.1 Å². The Balaban J connectivity index is 3.18. The van der Waals surface area contributed by atoms with E-state index >= 15 is 0 Å². The van der Waals surface area contributed by atoms with E-state index in [1.807, 2.05) is 28.1 Å². The van der Waals surface area contributed by atoms with Crippen LogP contribution in [0.1, 0.15) is 31.1 Å². The number of esters is 1. The molecule has 0 aliphatic rings. The minimum absolute atomic E-state index is 0.0770. The van der Waals surface area contributed by atoms with Crippen LogP contribution in [-0.2, 0) is 4.74 Å². The monoisotopic (exact) mass is 247 g/mol. The molecule has 1 rings (SSSR count). The molecule has 4 nitrogen and oxygen atoms in total. The van der Waals surface area contributed by atoms with Crippen LogP contribution in [0.3, 0.4) is 0 Å². The number of carbonyl (C=O) groups excluding carboxylic acids is 1. The van der Waals surface area contributed by atoms with Crippen molar-refractivity contribution in [2.24, 2.45) is 0 Å². The van der Waals surface area contributed by atoms with E-state index in [-0.39, 0.29) is 10.8 Å². The van der Waals surface area contributed by atoms with E-state index in [0.29, 0.717) is 5.56 Å². The number of benzene rings is 1. The summed E-state index contributed by atoms with van der Waals surface area (Å²) in [4.78, 5) is 11.5. The number of ether oxygens (including phenoxy) is 1. The fourth-order valence-corrected chi connectivity index (χ4v) is 1.64. The molecule has 0 atom stereocenters. The van der Waals surface area contributed by atoms with Gasteiger partial charge in [-0.25, -0.2) is 4.79 Å². The molecule has 0 amide bonds. The van der Waals surface area contributed by atoms with Gasteiger partial charge in [0.1, 0.15) is 0 Å². The van der Waals surface area contributed by atoms with Crippen molar-refractivity contribution in [2.75, 3.05) is 7.11 Å². The van der Waals surface area contributed by atoms with Crippen LogP contribution in [0.2, 0.25) is 5.31 Å². The molecule has 1 radical (unpaired) electrons. The van der Waals surface area contributed by atoms with Gasteiger partial charge in [0.05, 0.1) is 12.7 Å². The molecule has 0 saturated heterocycles. The second kappa shape index (κ2) is 5.59. The fraction of sp³-hybridized carbons (Fsp3) is 0.417. The predicted octanol–water partition coefficient (Wildman–Crippen LogP) is -0.299. The van der Waals surface area contributed by atoms with Crippen LogP contribution in [0, 0.1) is 0 Å². The molecule has 0 bridgehead atoms. The lowest BCUT2D eigenvalue weighted by molar-refractivity contribution is 0.0601. The largest absolute Gasteiger partial charge is 0.488 e. The number of carbonyl (C=O) groups is 1. The lowest BCUT2D eigenvalue weighted by atomic mass is 9.50. The first kappa shape index (κ1) is 14.8. The average molecular weight is 247 g/mol. The third kappa shape index (κ3) is 4.20. The zero-order valence-corrected chi connectivity index (χ0v) is 11.1. The Kier molecular flexibility index (Phi) is 4.59. The van der Waals surface area contributed by atoms with E-state index in [2.05, 4.69) is 4.74 Å². The Morgan fingerprint density at radius 2 is 1.89 bits per heavy atom. The van der Waals surface area contributed by atoms with Crippen LogP contribution in [0.5, 0.6) is 0 Å². The van der Waals surface area contributed by atoms with Crippen LogP contribution in [0.4, 0.5) is 0 Å². The van der Waals surface area contributed by atoms with E-state index in [1.54, 1.807) is 12.1 Å². The van der Waals surface area contributed by atoms with Crippen molar-refractivity contribution in [1.29, 1.82) is 0 Å². The summed E-state index contributed by atoms with van der Waals surface area (Å²) < 4.78 is 4.64. The third-order valence-corrected chi connectivity index (χ3v) is 2.30. The summed E-state index contributed by atoms with van der Waals surface area (Å²) >= 11 is 0. The molecule has 0 unspecified atom stereocenters. The number of hydrogen-bond acceptors (Lipinski definition) is 4. The summed E-state index contributed by atoms with van der Waals surface area (Å²) in [5.41, 5.74) is 1.33. The molecule has 0 fully saturated rings. The smallest absolute Gasteiger partial charge is 0.465 e. The second-order valence-electron chi connectivity index (χ2n) is 5.26. The van der Waals surface area contributed by atoms with Crippen molar-refractivity contribution in [1.82, 2.24) is 0 Å². The summed E-state index contributed by atoms with van der Waals surface area (Å²) in [6, 6.07) is 4.72. The maximum atomic E-state index is 11.5. The lowest BCUT2D eigenvalue weighted by Crippen LogP contribution is -2.36. The molecule has 0 spiro atoms. The molecule has 0 aliphatic heterocycles.